The van der Waals surface area contributed by atoms with Crippen molar-refractivity contribution >= 4 is 11.2 Å². The summed E-state index contributed by atoms with van der Waals surface area (Å²) in [7, 11) is 0. The Morgan fingerprint density at radius 1 is 1.27 bits per heavy atom. The Balaban J connectivity index is 1.71. The van der Waals surface area contributed by atoms with Crippen LogP contribution in [0.25, 0.3) is 11.2 Å². The van der Waals surface area contributed by atoms with Gasteiger partial charge in [-0.1, -0.05) is 6.92 Å². The molecule has 2 saturated heterocycles. The van der Waals surface area contributed by atoms with E-state index in [2.05, 4.69) is 27.4 Å². The van der Waals surface area contributed by atoms with Crippen LogP contribution in [0.2, 0.25) is 0 Å². The van der Waals surface area contributed by atoms with E-state index in [-0.39, 0.29) is 6.23 Å². The molecule has 0 aromatic carbocycles. The Bertz CT molecular complexity index is 639. The monoisotopic (exact) mass is 300 g/mol. The van der Waals surface area contributed by atoms with Crippen molar-refractivity contribution < 1.29 is 4.74 Å². The number of piperidine rings is 1. The molecule has 0 bridgehead atoms. The average molecular weight is 300 g/mol. The summed E-state index contributed by atoms with van der Waals surface area (Å²) in [5.41, 5.74) is 1.99. The summed E-state index contributed by atoms with van der Waals surface area (Å²) < 4.78 is 8.24. The Morgan fingerprint density at radius 3 is 2.86 bits per heavy atom. The molecular weight excluding hydrogens is 276 g/mol. The topological polar surface area (TPSA) is 43.2 Å². The van der Waals surface area contributed by atoms with E-state index >= 15 is 0 Å². The summed E-state index contributed by atoms with van der Waals surface area (Å²) >= 11 is 0. The molecule has 2 aromatic rings. The van der Waals surface area contributed by atoms with Crippen molar-refractivity contribution in [2.45, 2.75) is 44.8 Å². The van der Waals surface area contributed by atoms with Crippen molar-refractivity contribution in [2.75, 3.05) is 26.2 Å². The van der Waals surface area contributed by atoms with Crippen LogP contribution in [0, 0.1) is 0 Å². The summed E-state index contributed by atoms with van der Waals surface area (Å²) in [6.45, 7) is 6.58. The van der Waals surface area contributed by atoms with Crippen molar-refractivity contribution in [1.29, 1.82) is 0 Å². The zero-order valence-corrected chi connectivity index (χ0v) is 13.2. The van der Waals surface area contributed by atoms with Gasteiger partial charge < -0.3 is 9.64 Å². The Kier molecular flexibility index (Phi) is 3.84. The lowest BCUT2D eigenvalue weighted by Gasteiger charge is -2.31. The molecule has 5 nitrogen and oxygen atoms in total. The molecule has 4 heterocycles. The third-order valence-corrected chi connectivity index (χ3v) is 5.07. The molecule has 0 spiro atoms. The Morgan fingerprint density at radius 2 is 2.14 bits per heavy atom. The second-order valence-corrected chi connectivity index (χ2v) is 6.36. The second kappa shape index (κ2) is 5.97. The van der Waals surface area contributed by atoms with Crippen molar-refractivity contribution in [3.05, 3.63) is 24.2 Å². The molecule has 0 radical (unpaired) electrons. The van der Waals surface area contributed by atoms with E-state index in [1.54, 1.807) is 0 Å². The summed E-state index contributed by atoms with van der Waals surface area (Å²) in [5, 5.41) is 0. The van der Waals surface area contributed by atoms with Gasteiger partial charge in [0.25, 0.3) is 0 Å². The molecule has 0 amide bonds. The highest BCUT2D eigenvalue weighted by molar-refractivity contribution is 5.71. The highest BCUT2D eigenvalue weighted by Crippen LogP contribution is 2.34. The molecule has 1 atom stereocenters. The predicted octanol–water partition coefficient (Wildman–Crippen LogP) is 2.94. The standard InChI is InChI=1S/C17H24N4O/c1-2-20-10-7-13(8-11-20)16-19-14-5-3-9-18-17(14)21(16)15-6-4-12-22-15/h3,5,9,13,15H,2,4,6-8,10-12H2,1H3. The van der Waals surface area contributed by atoms with Crippen LogP contribution in [0.5, 0.6) is 0 Å². The first kappa shape index (κ1) is 14.2. The minimum absolute atomic E-state index is 0.124. The summed E-state index contributed by atoms with van der Waals surface area (Å²) in [5.74, 6) is 1.72. The fourth-order valence-corrected chi connectivity index (χ4v) is 3.79. The van der Waals surface area contributed by atoms with E-state index in [9.17, 15) is 0 Å². The first-order valence-electron chi connectivity index (χ1n) is 8.53. The van der Waals surface area contributed by atoms with Gasteiger partial charge in [0, 0.05) is 18.7 Å². The number of hydrogen-bond donors (Lipinski definition) is 0. The Labute approximate surface area is 131 Å². The zero-order valence-electron chi connectivity index (χ0n) is 13.2. The van der Waals surface area contributed by atoms with Gasteiger partial charge in [-0.3, -0.25) is 4.57 Å². The third kappa shape index (κ3) is 2.42. The van der Waals surface area contributed by atoms with Crippen molar-refractivity contribution in [2.24, 2.45) is 0 Å². The quantitative estimate of drug-likeness (QED) is 0.874. The number of fused-ring (bicyclic) bond motifs is 1. The SMILES string of the molecule is CCN1CCC(c2nc3cccnc3n2C2CCCO2)CC1. The van der Waals surface area contributed by atoms with Gasteiger partial charge in [-0.2, -0.15) is 0 Å². The molecule has 2 fully saturated rings. The van der Waals surface area contributed by atoms with E-state index < -0.39 is 0 Å². The number of nitrogens with zero attached hydrogens (tertiary/aromatic N) is 4. The molecule has 0 N–H and O–H groups in total. The lowest BCUT2D eigenvalue weighted by molar-refractivity contribution is 0.0550. The molecule has 0 aliphatic carbocycles. The number of imidazole rings is 1. The van der Waals surface area contributed by atoms with Crippen LogP contribution < -0.4 is 0 Å². The maximum atomic E-state index is 5.95. The van der Waals surface area contributed by atoms with Gasteiger partial charge in [0.05, 0.1) is 0 Å². The van der Waals surface area contributed by atoms with Crippen LogP contribution in [-0.4, -0.2) is 45.7 Å². The number of likely N-dealkylation sites (tertiary alicyclic amines) is 1. The normalized spacial score (nSPS) is 24.3. The van der Waals surface area contributed by atoms with Crippen LogP contribution in [0.15, 0.2) is 18.3 Å². The van der Waals surface area contributed by atoms with E-state index in [0.29, 0.717) is 5.92 Å². The molecule has 2 aliphatic rings. The lowest BCUT2D eigenvalue weighted by Crippen LogP contribution is -2.33. The van der Waals surface area contributed by atoms with E-state index in [0.717, 1.165) is 37.2 Å². The van der Waals surface area contributed by atoms with Crippen LogP contribution >= 0.6 is 0 Å². The maximum Gasteiger partial charge on any atom is 0.162 e. The van der Waals surface area contributed by atoms with E-state index in [1.807, 2.05) is 12.3 Å². The lowest BCUT2D eigenvalue weighted by atomic mass is 9.96. The number of hydrogen-bond acceptors (Lipinski definition) is 4. The summed E-state index contributed by atoms with van der Waals surface area (Å²) in [4.78, 5) is 12.0. The number of rotatable bonds is 3. The van der Waals surface area contributed by atoms with E-state index in [4.69, 9.17) is 9.72 Å². The minimum atomic E-state index is 0.124. The van der Waals surface area contributed by atoms with E-state index in [1.165, 1.54) is 31.8 Å². The van der Waals surface area contributed by atoms with Gasteiger partial charge in [-0.05, 0) is 57.5 Å². The highest BCUT2D eigenvalue weighted by Gasteiger charge is 2.29. The molecule has 2 aromatic heterocycles. The maximum absolute atomic E-state index is 5.95. The molecule has 0 saturated carbocycles. The molecule has 118 valence electrons. The zero-order chi connectivity index (χ0) is 14.9. The van der Waals surface area contributed by atoms with Gasteiger partial charge in [0.2, 0.25) is 0 Å². The first-order valence-corrected chi connectivity index (χ1v) is 8.53. The van der Waals surface area contributed by atoms with Crippen molar-refractivity contribution in [3.63, 3.8) is 0 Å². The van der Waals surface area contributed by atoms with Gasteiger partial charge in [0.15, 0.2) is 5.65 Å². The largest absolute Gasteiger partial charge is 0.358 e. The first-order chi connectivity index (χ1) is 10.9. The van der Waals surface area contributed by atoms with Gasteiger partial charge in [-0.25, -0.2) is 9.97 Å². The molecule has 22 heavy (non-hydrogen) atoms. The van der Waals surface area contributed by atoms with Crippen molar-refractivity contribution in [1.82, 2.24) is 19.4 Å². The fourth-order valence-electron chi connectivity index (χ4n) is 3.79. The van der Waals surface area contributed by atoms with Gasteiger partial charge in [-0.15, -0.1) is 0 Å². The molecular formula is C17H24N4O. The van der Waals surface area contributed by atoms with Crippen molar-refractivity contribution in [3.8, 4) is 0 Å². The number of aromatic nitrogens is 3. The predicted molar refractivity (Wildman–Crippen MR) is 85.8 cm³/mol. The third-order valence-electron chi connectivity index (χ3n) is 5.07. The summed E-state index contributed by atoms with van der Waals surface area (Å²) in [6, 6.07) is 4.04. The van der Waals surface area contributed by atoms with Crippen LogP contribution in [0.4, 0.5) is 0 Å². The van der Waals surface area contributed by atoms with Crippen LogP contribution in [0.3, 0.4) is 0 Å². The molecule has 1 unspecified atom stereocenters. The van der Waals surface area contributed by atoms with Crippen LogP contribution in [-0.2, 0) is 4.74 Å². The molecule has 5 heteroatoms. The second-order valence-electron chi connectivity index (χ2n) is 6.36. The number of ether oxygens (including phenoxy) is 1. The highest BCUT2D eigenvalue weighted by atomic mass is 16.5. The van der Waals surface area contributed by atoms with Crippen LogP contribution in [0.1, 0.15) is 50.6 Å². The van der Waals surface area contributed by atoms with Gasteiger partial charge >= 0.3 is 0 Å². The Hall–Kier alpha value is -1.46. The molecule has 4 rings (SSSR count). The minimum Gasteiger partial charge on any atom is -0.358 e. The average Bonchev–Trinajstić information content (AvgIpc) is 3.21. The number of pyridine rings is 1. The van der Waals surface area contributed by atoms with Gasteiger partial charge in [0.1, 0.15) is 17.6 Å². The smallest absolute Gasteiger partial charge is 0.162 e. The fraction of sp³-hybridized carbons (Fsp3) is 0.647. The molecule has 2 aliphatic heterocycles. The summed E-state index contributed by atoms with van der Waals surface area (Å²) in [6.07, 6.45) is 6.56.